The van der Waals surface area contributed by atoms with Crippen molar-refractivity contribution in [3.8, 4) is 0 Å². The van der Waals surface area contributed by atoms with E-state index in [0.29, 0.717) is 6.04 Å². The van der Waals surface area contributed by atoms with Crippen molar-refractivity contribution >= 4 is 15.9 Å². The minimum absolute atomic E-state index is 0.584. The first-order chi connectivity index (χ1) is 7.63. The molecule has 0 amide bonds. The summed E-state index contributed by atoms with van der Waals surface area (Å²) in [6.45, 7) is 4.57. The molecule has 1 rings (SSSR count). The lowest BCUT2D eigenvalue weighted by molar-refractivity contribution is 0.450. The summed E-state index contributed by atoms with van der Waals surface area (Å²) in [5, 5.41) is 3.41. The molecule has 1 aromatic carbocycles. The molecule has 0 aliphatic carbocycles. The maximum absolute atomic E-state index is 3.61. The Morgan fingerprint density at radius 1 is 1.19 bits per heavy atom. The molecule has 0 aliphatic rings. The first-order valence-corrected chi connectivity index (χ1v) is 6.83. The molecule has 2 heteroatoms. The highest BCUT2D eigenvalue weighted by Crippen LogP contribution is 2.19. The van der Waals surface area contributed by atoms with Crippen molar-refractivity contribution in [2.45, 2.75) is 39.2 Å². The van der Waals surface area contributed by atoms with Crippen LogP contribution in [0, 0.1) is 5.92 Å². The third kappa shape index (κ3) is 4.67. The average Bonchev–Trinajstić information content (AvgIpc) is 2.26. The molecule has 0 spiro atoms. The van der Waals surface area contributed by atoms with Crippen LogP contribution >= 0.6 is 15.9 Å². The van der Waals surface area contributed by atoms with E-state index in [9.17, 15) is 0 Å². The predicted molar refractivity (Wildman–Crippen MR) is 74.8 cm³/mol. The minimum atomic E-state index is 0.584. The zero-order valence-corrected chi connectivity index (χ0v) is 12.0. The van der Waals surface area contributed by atoms with Gasteiger partial charge in [0, 0.05) is 10.5 Å². The molecule has 16 heavy (non-hydrogen) atoms. The third-order valence-electron chi connectivity index (χ3n) is 2.92. The summed E-state index contributed by atoms with van der Waals surface area (Å²) >= 11 is 3.61. The number of rotatable bonds is 6. The van der Waals surface area contributed by atoms with Crippen molar-refractivity contribution in [2.75, 3.05) is 7.05 Å². The van der Waals surface area contributed by atoms with E-state index in [2.05, 4.69) is 66.4 Å². The summed E-state index contributed by atoms with van der Waals surface area (Å²) in [6.07, 6.45) is 3.64. The normalized spacial score (nSPS) is 13.1. The van der Waals surface area contributed by atoms with E-state index in [1.54, 1.807) is 0 Å². The Hall–Kier alpha value is -0.340. The molecule has 1 unspecified atom stereocenters. The van der Waals surface area contributed by atoms with Crippen LogP contribution in [0.3, 0.4) is 0 Å². The quantitative estimate of drug-likeness (QED) is 0.832. The molecule has 0 fully saturated rings. The SMILES string of the molecule is CNC(CCC(C)C)Cc1ccccc1Br. The maximum Gasteiger partial charge on any atom is 0.0207 e. The summed E-state index contributed by atoms with van der Waals surface area (Å²) in [5.41, 5.74) is 1.39. The number of benzene rings is 1. The Bertz CT molecular complexity index is 309. The Labute approximate surface area is 108 Å². The average molecular weight is 284 g/mol. The van der Waals surface area contributed by atoms with E-state index in [1.807, 2.05) is 0 Å². The molecule has 1 atom stereocenters. The van der Waals surface area contributed by atoms with Gasteiger partial charge >= 0.3 is 0 Å². The van der Waals surface area contributed by atoms with E-state index < -0.39 is 0 Å². The van der Waals surface area contributed by atoms with Crippen LogP contribution in [0.25, 0.3) is 0 Å². The molecule has 1 nitrogen and oxygen atoms in total. The lowest BCUT2D eigenvalue weighted by atomic mass is 9.98. The molecule has 0 radical (unpaired) electrons. The van der Waals surface area contributed by atoms with Gasteiger partial charge < -0.3 is 5.32 Å². The van der Waals surface area contributed by atoms with Crippen molar-refractivity contribution < 1.29 is 0 Å². The zero-order chi connectivity index (χ0) is 12.0. The van der Waals surface area contributed by atoms with Crippen LogP contribution in [0.2, 0.25) is 0 Å². The van der Waals surface area contributed by atoms with Crippen LogP contribution in [0.5, 0.6) is 0 Å². The molecule has 0 saturated carbocycles. The van der Waals surface area contributed by atoms with Gasteiger partial charge in [-0.05, 0) is 43.9 Å². The fraction of sp³-hybridized carbons (Fsp3) is 0.571. The third-order valence-corrected chi connectivity index (χ3v) is 3.70. The van der Waals surface area contributed by atoms with Gasteiger partial charge in [-0.15, -0.1) is 0 Å². The van der Waals surface area contributed by atoms with Gasteiger partial charge in [-0.2, -0.15) is 0 Å². The molecule has 1 aromatic rings. The molecule has 0 aliphatic heterocycles. The first kappa shape index (κ1) is 13.7. The van der Waals surface area contributed by atoms with E-state index >= 15 is 0 Å². The van der Waals surface area contributed by atoms with Gasteiger partial charge in [0.1, 0.15) is 0 Å². The van der Waals surface area contributed by atoms with E-state index in [0.717, 1.165) is 12.3 Å². The highest BCUT2D eigenvalue weighted by molar-refractivity contribution is 9.10. The fourth-order valence-corrected chi connectivity index (χ4v) is 2.26. The van der Waals surface area contributed by atoms with E-state index in [4.69, 9.17) is 0 Å². The van der Waals surface area contributed by atoms with E-state index in [1.165, 1.54) is 22.9 Å². The van der Waals surface area contributed by atoms with Crippen LogP contribution < -0.4 is 5.32 Å². The molecule has 0 bridgehead atoms. The van der Waals surface area contributed by atoms with Crippen molar-refractivity contribution in [3.05, 3.63) is 34.3 Å². The molecular weight excluding hydrogens is 262 g/mol. The molecule has 0 heterocycles. The smallest absolute Gasteiger partial charge is 0.0207 e. The Morgan fingerprint density at radius 2 is 1.88 bits per heavy atom. The maximum atomic E-state index is 3.61. The standard InChI is InChI=1S/C14H22BrN/c1-11(2)8-9-13(16-3)10-12-6-4-5-7-14(12)15/h4-7,11,13,16H,8-10H2,1-3H3. The molecule has 1 N–H and O–H groups in total. The molecular formula is C14H22BrN. The Morgan fingerprint density at radius 3 is 2.44 bits per heavy atom. The van der Waals surface area contributed by atoms with Crippen molar-refractivity contribution in [3.63, 3.8) is 0 Å². The number of nitrogens with one attached hydrogen (secondary N) is 1. The second-order valence-corrected chi connectivity index (χ2v) is 5.61. The monoisotopic (exact) mass is 283 g/mol. The van der Waals surface area contributed by atoms with Crippen LogP contribution in [-0.2, 0) is 6.42 Å². The summed E-state index contributed by atoms with van der Waals surface area (Å²) in [4.78, 5) is 0. The summed E-state index contributed by atoms with van der Waals surface area (Å²) in [5.74, 6) is 0.787. The predicted octanol–water partition coefficient (Wildman–Crippen LogP) is 4.02. The van der Waals surface area contributed by atoms with Crippen molar-refractivity contribution in [2.24, 2.45) is 5.92 Å². The summed E-state index contributed by atoms with van der Waals surface area (Å²) < 4.78 is 1.22. The molecule has 90 valence electrons. The van der Waals surface area contributed by atoms with Crippen LogP contribution in [0.4, 0.5) is 0 Å². The van der Waals surface area contributed by atoms with Gasteiger partial charge in [-0.25, -0.2) is 0 Å². The topological polar surface area (TPSA) is 12.0 Å². The van der Waals surface area contributed by atoms with Gasteiger partial charge in [0.2, 0.25) is 0 Å². The zero-order valence-electron chi connectivity index (χ0n) is 10.5. The number of likely N-dealkylation sites (N-methyl/N-ethyl adjacent to an activating group) is 1. The van der Waals surface area contributed by atoms with E-state index in [-0.39, 0.29) is 0 Å². The van der Waals surface area contributed by atoms with Crippen molar-refractivity contribution in [1.29, 1.82) is 0 Å². The highest BCUT2D eigenvalue weighted by Gasteiger charge is 2.09. The highest BCUT2D eigenvalue weighted by atomic mass is 79.9. The summed E-state index contributed by atoms with van der Waals surface area (Å²) in [7, 11) is 2.06. The largest absolute Gasteiger partial charge is 0.317 e. The first-order valence-electron chi connectivity index (χ1n) is 6.04. The van der Waals surface area contributed by atoms with Gasteiger partial charge in [-0.1, -0.05) is 48.0 Å². The fourth-order valence-electron chi connectivity index (χ4n) is 1.81. The Kier molecular flexibility index (Phi) is 6.07. The van der Waals surface area contributed by atoms with Crippen LogP contribution in [-0.4, -0.2) is 13.1 Å². The number of halogens is 1. The van der Waals surface area contributed by atoms with Gasteiger partial charge in [0.25, 0.3) is 0 Å². The second kappa shape index (κ2) is 7.08. The number of hydrogen-bond acceptors (Lipinski definition) is 1. The summed E-state index contributed by atoms with van der Waals surface area (Å²) in [6, 6.07) is 9.07. The van der Waals surface area contributed by atoms with Gasteiger partial charge in [0.05, 0.1) is 0 Å². The van der Waals surface area contributed by atoms with Gasteiger partial charge in [0.15, 0.2) is 0 Å². The van der Waals surface area contributed by atoms with Crippen LogP contribution in [0.15, 0.2) is 28.7 Å². The lowest BCUT2D eigenvalue weighted by Crippen LogP contribution is -2.28. The molecule has 0 saturated heterocycles. The second-order valence-electron chi connectivity index (χ2n) is 4.75. The number of hydrogen-bond donors (Lipinski definition) is 1. The van der Waals surface area contributed by atoms with Crippen LogP contribution in [0.1, 0.15) is 32.3 Å². The minimum Gasteiger partial charge on any atom is -0.317 e. The van der Waals surface area contributed by atoms with Crippen molar-refractivity contribution in [1.82, 2.24) is 5.32 Å². The Balaban J connectivity index is 2.53. The van der Waals surface area contributed by atoms with Gasteiger partial charge in [-0.3, -0.25) is 0 Å². The molecule has 0 aromatic heterocycles. The lowest BCUT2D eigenvalue weighted by Gasteiger charge is -2.18.